The van der Waals surface area contributed by atoms with Crippen molar-refractivity contribution in [1.82, 2.24) is 34.8 Å². The third kappa shape index (κ3) is 3.24. The maximum absolute atomic E-state index is 12.5. The highest BCUT2D eigenvalue weighted by atomic mass is 32.1. The molecule has 0 bridgehead atoms. The molecule has 1 amide bonds. The van der Waals surface area contributed by atoms with Gasteiger partial charge in [0.15, 0.2) is 5.13 Å². The van der Waals surface area contributed by atoms with Gasteiger partial charge in [0.25, 0.3) is 5.91 Å². The minimum absolute atomic E-state index is 0.172. The minimum atomic E-state index is -0.172. The summed E-state index contributed by atoms with van der Waals surface area (Å²) in [6.07, 6.45) is 8.96. The van der Waals surface area contributed by atoms with Crippen LogP contribution in [0.2, 0.25) is 0 Å². The molecule has 0 spiro atoms. The van der Waals surface area contributed by atoms with Gasteiger partial charge in [0.05, 0.1) is 30.3 Å². The zero-order chi connectivity index (χ0) is 17.9. The van der Waals surface area contributed by atoms with E-state index in [2.05, 4.69) is 25.6 Å². The second-order valence-electron chi connectivity index (χ2n) is 5.55. The Morgan fingerprint density at radius 2 is 2.12 bits per heavy atom. The molecule has 9 heteroatoms. The first kappa shape index (κ1) is 16.2. The van der Waals surface area contributed by atoms with Crippen molar-refractivity contribution < 1.29 is 4.79 Å². The molecule has 0 aromatic carbocycles. The second kappa shape index (κ2) is 6.89. The smallest absolute Gasteiger partial charge is 0.263 e. The van der Waals surface area contributed by atoms with Crippen LogP contribution in [0.3, 0.4) is 0 Å². The van der Waals surface area contributed by atoms with Crippen LogP contribution in [-0.4, -0.2) is 35.4 Å². The molecule has 4 rings (SSSR count). The Morgan fingerprint density at radius 3 is 2.88 bits per heavy atom. The van der Waals surface area contributed by atoms with Crippen LogP contribution in [0.25, 0.3) is 10.8 Å². The number of hydrogen-bond acceptors (Lipinski definition) is 6. The minimum Gasteiger partial charge on any atom is -0.345 e. The van der Waals surface area contributed by atoms with E-state index in [0.29, 0.717) is 16.3 Å². The summed E-state index contributed by atoms with van der Waals surface area (Å²) in [4.78, 5) is 21.6. The number of rotatable bonds is 5. The van der Waals surface area contributed by atoms with Gasteiger partial charge in [-0.1, -0.05) is 16.6 Å². The standard InChI is InChI=1S/C17H15N7OS/c1-12-15(26-17(20-12)23-7-2-3-8-23)16(25)19-9-13-11-24(22-21-13)14-5-4-6-18-10-14/h2-8,10-11H,9H2,1H3,(H,19,25). The van der Waals surface area contributed by atoms with Gasteiger partial charge in [0.2, 0.25) is 0 Å². The van der Waals surface area contributed by atoms with Gasteiger partial charge in [-0.15, -0.1) is 5.10 Å². The molecule has 0 aliphatic heterocycles. The quantitative estimate of drug-likeness (QED) is 0.585. The van der Waals surface area contributed by atoms with Crippen LogP contribution < -0.4 is 5.32 Å². The van der Waals surface area contributed by atoms with Crippen LogP contribution in [0.4, 0.5) is 0 Å². The Bertz CT molecular complexity index is 1020. The lowest BCUT2D eigenvalue weighted by Gasteiger charge is -2.01. The van der Waals surface area contributed by atoms with E-state index in [9.17, 15) is 4.79 Å². The molecule has 8 nitrogen and oxygen atoms in total. The summed E-state index contributed by atoms with van der Waals surface area (Å²) in [5, 5.41) is 11.8. The van der Waals surface area contributed by atoms with Crippen molar-refractivity contribution in [3.8, 4) is 10.8 Å². The van der Waals surface area contributed by atoms with Crippen LogP contribution in [0.1, 0.15) is 21.1 Å². The number of carbonyl (C=O) groups excluding carboxylic acids is 1. The predicted octanol–water partition coefficient (Wildman–Crippen LogP) is 2.15. The van der Waals surface area contributed by atoms with Gasteiger partial charge >= 0.3 is 0 Å². The van der Waals surface area contributed by atoms with E-state index in [1.807, 2.05) is 48.1 Å². The molecule has 0 radical (unpaired) electrons. The molecule has 1 N–H and O–H groups in total. The van der Waals surface area contributed by atoms with Crippen LogP contribution in [0.15, 0.2) is 55.2 Å². The van der Waals surface area contributed by atoms with Crippen LogP contribution >= 0.6 is 11.3 Å². The second-order valence-corrected chi connectivity index (χ2v) is 6.53. The third-order valence-corrected chi connectivity index (χ3v) is 4.87. The van der Waals surface area contributed by atoms with Crippen molar-refractivity contribution in [2.45, 2.75) is 13.5 Å². The monoisotopic (exact) mass is 365 g/mol. The molecule has 4 heterocycles. The molecule has 0 aliphatic carbocycles. The summed E-state index contributed by atoms with van der Waals surface area (Å²) in [6, 6.07) is 7.55. The van der Waals surface area contributed by atoms with Gasteiger partial charge in [-0.25, -0.2) is 9.67 Å². The highest BCUT2D eigenvalue weighted by Gasteiger charge is 2.16. The topological polar surface area (TPSA) is 90.5 Å². The molecule has 0 saturated carbocycles. The number of pyridine rings is 1. The fraction of sp³-hybridized carbons (Fsp3) is 0.118. The Kier molecular flexibility index (Phi) is 4.28. The molecule has 0 aliphatic rings. The van der Waals surface area contributed by atoms with E-state index in [0.717, 1.165) is 10.8 Å². The van der Waals surface area contributed by atoms with E-state index in [4.69, 9.17) is 0 Å². The molecule has 0 saturated heterocycles. The largest absolute Gasteiger partial charge is 0.345 e. The lowest BCUT2D eigenvalue weighted by Crippen LogP contribution is -2.22. The van der Waals surface area contributed by atoms with E-state index in [-0.39, 0.29) is 12.5 Å². The summed E-state index contributed by atoms with van der Waals surface area (Å²) in [5.74, 6) is -0.172. The number of nitrogens with zero attached hydrogens (tertiary/aromatic N) is 6. The van der Waals surface area contributed by atoms with E-state index in [1.54, 1.807) is 23.3 Å². The summed E-state index contributed by atoms with van der Waals surface area (Å²) in [7, 11) is 0. The Morgan fingerprint density at radius 1 is 1.27 bits per heavy atom. The zero-order valence-corrected chi connectivity index (χ0v) is 14.7. The van der Waals surface area contributed by atoms with E-state index in [1.165, 1.54) is 11.3 Å². The van der Waals surface area contributed by atoms with Crippen LogP contribution in [0, 0.1) is 6.92 Å². The average Bonchev–Trinajstić information content (AvgIpc) is 3.41. The van der Waals surface area contributed by atoms with Gasteiger partial charge in [0, 0.05) is 18.6 Å². The number of carbonyl (C=O) groups is 1. The fourth-order valence-electron chi connectivity index (χ4n) is 2.41. The van der Waals surface area contributed by atoms with Crippen molar-refractivity contribution >= 4 is 17.2 Å². The molecule has 0 fully saturated rings. The fourth-order valence-corrected chi connectivity index (χ4v) is 3.36. The molecule has 4 aromatic rings. The molecular formula is C17H15N7OS. The summed E-state index contributed by atoms with van der Waals surface area (Å²) in [5.41, 5.74) is 2.18. The molecule has 4 aromatic heterocycles. The van der Waals surface area contributed by atoms with E-state index >= 15 is 0 Å². The van der Waals surface area contributed by atoms with Crippen molar-refractivity contribution in [2.75, 3.05) is 0 Å². The summed E-state index contributed by atoms with van der Waals surface area (Å²) >= 11 is 1.35. The molecule has 0 atom stereocenters. The van der Waals surface area contributed by atoms with Gasteiger partial charge in [-0.2, -0.15) is 0 Å². The third-order valence-electron chi connectivity index (χ3n) is 3.70. The normalized spacial score (nSPS) is 10.8. The number of hydrogen-bond donors (Lipinski definition) is 1. The Balaban J connectivity index is 1.44. The molecule has 0 unspecified atom stereocenters. The average molecular weight is 365 g/mol. The van der Waals surface area contributed by atoms with Gasteiger partial charge in [-0.3, -0.25) is 9.78 Å². The van der Waals surface area contributed by atoms with Gasteiger partial charge < -0.3 is 9.88 Å². The first-order valence-corrected chi connectivity index (χ1v) is 8.73. The number of thiazole rings is 1. The zero-order valence-electron chi connectivity index (χ0n) is 13.9. The van der Waals surface area contributed by atoms with Crippen molar-refractivity contribution in [2.24, 2.45) is 0 Å². The maximum Gasteiger partial charge on any atom is 0.263 e. The highest BCUT2D eigenvalue weighted by Crippen LogP contribution is 2.21. The lowest BCUT2D eigenvalue weighted by atomic mass is 10.3. The van der Waals surface area contributed by atoms with Crippen LogP contribution in [0.5, 0.6) is 0 Å². The maximum atomic E-state index is 12.5. The number of aromatic nitrogens is 6. The molecule has 130 valence electrons. The lowest BCUT2D eigenvalue weighted by molar-refractivity contribution is 0.0953. The van der Waals surface area contributed by atoms with E-state index < -0.39 is 0 Å². The van der Waals surface area contributed by atoms with Crippen molar-refractivity contribution in [3.05, 3.63) is 71.5 Å². The number of amides is 1. The molecule has 26 heavy (non-hydrogen) atoms. The SMILES string of the molecule is Cc1nc(-n2cccc2)sc1C(=O)NCc1cn(-c2cccnc2)nn1. The van der Waals surface area contributed by atoms with Crippen LogP contribution in [-0.2, 0) is 6.54 Å². The van der Waals surface area contributed by atoms with Gasteiger partial charge in [-0.05, 0) is 31.2 Å². The Hall–Kier alpha value is -3.33. The summed E-state index contributed by atoms with van der Waals surface area (Å²) in [6.45, 7) is 2.12. The Labute approximate surface area is 153 Å². The number of nitrogens with one attached hydrogen (secondary N) is 1. The number of aryl methyl sites for hydroxylation is 1. The first-order chi connectivity index (χ1) is 12.7. The highest BCUT2D eigenvalue weighted by molar-refractivity contribution is 7.16. The molecular weight excluding hydrogens is 350 g/mol. The predicted molar refractivity (Wildman–Crippen MR) is 96.5 cm³/mol. The van der Waals surface area contributed by atoms with Crippen molar-refractivity contribution in [1.29, 1.82) is 0 Å². The van der Waals surface area contributed by atoms with Crippen molar-refractivity contribution in [3.63, 3.8) is 0 Å². The van der Waals surface area contributed by atoms with Gasteiger partial charge in [0.1, 0.15) is 10.6 Å². The first-order valence-electron chi connectivity index (χ1n) is 7.91. The summed E-state index contributed by atoms with van der Waals surface area (Å²) < 4.78 is 3.50.